The van der Waals surface area contributed by atoms with Crippen molar-refractivity contribution in [1.82, 2.24) is 4.90 Å². The fourth-order valence-corrected chi connectivity index (χ4v) is 4.42. The lowest BCUT2D eigenvalue weighted by Crippen LogP contribution is -2.51. The van der Waals surface area contributed by atoms with Gasteiger partial charge in [0.2, 0.25) is 5.91 Å². The van der Waals surface area contributed by atoms with E-state index < -0.39 is 5.91 Å². The smallest absolute Gasteiger partial charge is 0.248 e. The van der Waals surface area contributed by atoms with Crippen LogP contribution in [0.25, 0.3) is 0 Å². The summed E-state index contributed by atoms with van der Waals surface area (Å²) in [5.74, 6) is 1.35. The number of fused-ring (bicyclic) bond motifs is 3. The summed E-state index contributed by atoms with van der Waals surface area (Å²) >= 11 is 0. The summed E-state index contributed by atoms with van der Waals surface area (Å²) < 4.78 is 18.9. The molecule has 4 nitrogen and oxygen atoms in total. The quantitative estimate of drug-likeness (QED) is 0.905. The van der Waals surface area contributed by atoms with E-state index in [-0.39, 0.29) is 5.82 Å². The molecule has 0 aliphatic carbocycles. The molecule has 3 aliphatic rings. The maximum atomic E-state index is 13.1. The third kappa shape index (κ3) is 3.19. The van der Waals surface area contributed by atoms with Gasteiger partial charge >= 0.3 is 0 Å². The number of nitrogens with two attached hydrogens (primary N) is 1. The Balaban J connectivity index is 1.66. The maximum Gasteiger partial charge on any atom is 0.248 e. The third-order valence-electron chi connectivity index (χ3n) is 5.79. The summed E-state index contributed by atoms with van der Waals surface area (Å²) in [5, 5.41) is 0. The van der Waals surface area contributed by atoms with Crippen LogP contribution in [0.1, 0.15) is 41.6 Å². The lowest BCUT2D eigenvalue weighted by atomic mass is 9.72. The molecule has 3 heterocycles. The molecule has 136 valence electrons. The number of amides is 1. The van der Waals surface area contributed by atoms with Crippen molar-refractivity contribution in [2.75, 3.05) is 13.1 Å². The first kappa shape index (κ1) is 17.0. The van der Waals surface area contributed by atoms with E-state index in [9.17, 15) is 9.18 Å². The molecule has 5 rings (SSSR count). The summed E-state index contributed by atoms with van der Waals surface area (Å²) in [5.41, 5.74) is 7.17. The Labute approximate surface area is 152 Å². The van der Waals surface area contributed by atoms with Crippen LogP contribution in [0.5, 0.6) is 11.5 Å². The average molecular weight is 354 g/mol. The molecule has 2 N–H and O–H groups in total. The molecular formula is C21H23FN2O2. The highest BCUT2D eigenvalue weighted by Crippen LogP contribution is 2.43. The number of rotatable bonds is 4. The summed E-state index contributed by atoms with van der Waals surface area (Å²) in [4.78, 5) is 14.5. The zero-order valence-corrected chi connectivity index (χ0v) is 14.8. The Morgan fingerprint density at radius 2 is 1.92 bits per heavy atom. The first-order chi connectivity index (χ1) is 12.5. The van der Waals surface area contributed by atoms with Crippen molar-refractivity contribution in [3.05, 3.63) is 59.4 Å². The third-order valence-corrected chi connectivity index (χ3v) is 5.79. The van der Waals surface area contributed by atoms with Crippen molar-refractivity contribution in [2.45, 2.75) is 31.7 Å². The van der Waals surface area contributed by atoms with Crippen molar-refractivity contribution >= 4 is 5.91 Å². The van der Waals surface area contributed by atoms with E-state index in [1.54, 1.807) is 24.3 Å². The molecule has 0 saturated carbocycles. The van der Waals surface area contributed by atoms with Gasteiger partial charge in [0.25, 0.3) is 0 Å². The van der Waals surface area contributed by atoms with Crippen LogP contribution in [0.3, 0.4) is 0 Å². The SMILES string of the molecule is CC1CC2CCN1CC2c1cc(Oc2ccc(F)cc2)ccc1C(N)=O. The van der Waals surface area contributed by atoms with Crippen LogP contribution in [-0.2, 0) is 0 Å². The van der Waals surface area contributed by atoms with Crippen LogP contribution in [-0.4, -0.2) is 29.9 Å². The van der Waals surface area contributed by atoms with Gasteiger partial charge in [0.05, 0.1) is 0 Å². The maximum absolute atomic E-state index is 13.1. The van der Waals surface area contributed by atoms with E-state index >= 15 is 0 Å². The molecule has 0 aromatic heterocycles. The molecule has 0 radical (unpaired) electrons. The minimum atomic E-state index is -0.405. The molecule has 2 aromatic rings. The molecule has 4 unspecified atom stereocenters. The summed E-state index contributed by atoms with van der Waals surface area (Å²) in [6, 6.07) is 11.9. The fourth-order valence-electron chi connectivity index (χ4n) is 4.42. The Bertz CT molecular complexity index is 821. The van der Waals surface area contributed by atoms with Gasteiger partial charge in [0.1, 0.15) is 17.3 Å². The molecule has 3 aliphatic heterocycles. The van der Waals surface area contributed by atoms with Gasteiger partial charge in [-0.1, -0.05) is 0 Å². The van der Waals surface area contributed by atoms with E-state index in [1.807, 2.05) is 6.07 Å². The lowest BCUT2D eigenvalue weighted by Gasteiger charge is -2.49. The Morgan fingerprint density at radius 3 is 2.54 bits per heavy atom. The minimum Gasteiger partial charge on any atom is -0.457 e. The van der Waals surface area contributed by atoms with Crippen LogP contribution >= 0.6 is 0 Å². The van der Waals surface area contributed by atoms with Crippen molar-refractivity contribution < 1.29 is 13.9 Å². The number of primary amides is 1. The van der Waals surface area contributed by atoms with Crippen molar-refractivity contribution in [3.63, 3.8) is 0 Å². The molecule has 0 spiro atoms. The van der Waals surface area contributed by atoms with Crippen LogP contribution in [0, 0.1) is 11.7 Å². The second-order valence-corrected chi connectivity index (χ2v) is 7.40. The fraction of sp³-hybridized carbons (Fsp3) is 0.381. The zero-order valence-electron chi connectivity index (χ0n) is 14.8. The van der Waals surface area contributed by atoms with Crippen LogP contribution in [0.15, 0.2) is 42.5 Å². The van der Waals surface area contributed by atoms with Gasteiger partial charge in [0.15, 0.2) is 0 Å². The summed E-state index contributed by atoms with van der Waals surface area (Å²) in [6.07, 6.45) is 2.29. The van der Waals surface area contributed by atoms with Crippen LogP contribution in [0.4, 0.5) is 4.39 Å². The highest BCUT2D eigenvalue weighted by Gasteiger charge is 2.40. The molecule has 1 amide bonds. The largest absolute Gasteiger partial charge is 0.457 e. The Morgan fingerprint density at radius 1 is 1.19 bits per heavy atom. The number of hydrogen-bond donors (Lipinski definition) is 1. The molecule has 5 heteroatoms. The van der Waals surface area contributed by atoms with Gasteiger partial charge in [-0.2, -0.15) is 0 Å². The predicted molar refractivity (Wildman–Crippen MR) is 97.9 cm³/mol. The number of benzene rings is 2. The predicted octanol–water partition coefficient (Wildman–Crippen LogP) is 3.91. The molecule has 3 saturated heterocycles. The summed E-state index contributed by atoms with van der Waals surface area (Å²) in [7, 11) is 0. The van der Waals surface area contributed by atoms with E-state index in [2.05, 4.69) is 11.8 Å². The number of piperidine rings is 3. The number of ether oxygens (including phenoxy) is 1. The minimum absolute atomic E-state index is 0.291. The van der Waals surface area contributed by atoms with Crippen molar-refractivity contribution in [3.8, 4) is 11.5 Å². The number of carbonyl (C=O) groups excluding carboxylic acids is 1. The second kappa shape index (κ2) is 6.72. The Kier molecular flexibility index (Phi) is 4.41. The van der Waals surface area contributed by atoms with Gasteiger partial charge < -0.3 is 15.4 Å². The topological polar surface area (TPSA) is 55.6 Å². The normalized spacial score (nSPS) is 27.3. The molecule has 2 bridgehead atoms. The van der Waals surface area contributed by atoms with E-state index in [0.29, 0.717) is 34.9 Å². The zero-order chi connectivity index (χ0) is 18.3. The monoisotopic (exact) mass is 354 g/mol. The number of halogens is 1. The first-order valence-electron chi connectivity index (χ1n) is 9.12. The van der Waals surface area contributed by atoms with Crippen LogP contribution < -0.4 is 10.5 Å². The first-order valence-corrected chi connectivity index (χ1v) is 9.12. The highest BCUT2D eigenvalue weighted by atomic mass is 19.1. The lowest BCUT2D eigenvalue weighted by molar-refractivity contribution is 0.0390. The summed E-state index contributed by atoms with van der Waals surface area (Å²) in [6.45, 7) is 4.34. The number of hydrogen-bond acceptors (Lipinski definition) is 3. The van der Waals surface area contributed by atoms with E-state index in [4.69, 9.17) is 10.5 Å². The number of nitrogens with zero attached hydrogens (tertiary/aromatic N) is 1. The van der Waals surface area contributed by atoms with Gasteiger partial charge in [-0.15, -0.1) is 0 Å². The molecule has 3 fully saturated rings. The van der Waals surface area contributed by atoms with Gasteiger partial charge in [-0.05, 0) is 80.3 Å². The number of carbonyl (C=O) groups is 1. The standard InChI is InChI=1S/C21H23FN2O2/c1-13-10-14-8-9-24(13)12-20(14)19-11-17(6-7-18(19)21(23)25)26-16-4-2-15(22)3-5-16/h2-7,11,13-14,20H,8-10,12H2,1H3,(H2,23,25). The molecule has 4 atom stereocenters. The van der Waals surface area contributed by atoms with Gasteiger partial charge in [-0.25, -0.2) is 4.39 Å². The average Bonchev–Trinajstić information content (AvgIpc) is 2.64. The second-order valence-electron chi connectivity index (χ2n) is 7.40. The van der Waals surface area contributed by atoms with Crippen molar-refractivity contribution in [2.24, 2.45) is 11.7 Å². The van der Waals surface area contributed by atoms with Gasteiger partial charge in [-0.3, -0.25) is 4.79 Å². The Hall–Kier alpha value is -2.40. The molecule has 26 heavy (non-hydrogen) atoms. The molecule has 2 aromatic carbocycles. The van der Waals surface area contributed by atoms with E-state index in [0.717, 1.165) is 31.5 Å². The van der Waals surface area contributed by atoms with Crippen molar-refractivity contribution in [1.29, 1.82) is 0 Å². The van der Waals surface area contributed by atoms with E-state index in [1.165, 1.54) is 12.1 Å². The van der Waals surface area contributed by atoms with Crippen LogP contribution in [0.2, 0.25) is 0 Å². The van der Waals surface area contributed by atoms with Gasteiger partial charge in [0, 0.05) is 24.1 Å². The molecular weight excluding hydrogens is 331 g/mol. The highest BCUT2D eigenvalue weighted by molar-refractivity contribution is 5.94.